The summed E-state index contributed by atoms with van der Waals surface area (Å²) in [5.74, 6) is 0. The van der Waals surface area contributed by atoms with Gasteiger partial charge in [-0.05, 0) is 81.1 Å². The molecule has 1 nitrogen and oxygen atoms in total. The predicted molar refractivity (Wildman–Crippen MR) is 191 cm³/mol. The Kier molecular flexibility index (Phi) is 8.16. The van der Waals surface area contributed by atoms with Crippen LogP contribution in [0.5, 0.6) is 0 Å². The lowest BCUT2D eigenvalue weighted by molar-refractivity contribution is 1.19. The second kappa shape index (κ2) is 13.0. The second-order valence-corrected chi connectivity index (χ2v) is 11.6. The van der Waals surface area contributed by atoms with Gasteiger partial charge in [0, 0.05) is 12.0 Å². The van der Waals surface area contributed by atoms with Crippen molar-refractivity contribution in [3.05, 3.63) is 203 Å². The van der Waals surface area contributed by atoms with Gasteiger partial charge in [0.2, 0.25) is 0 Å². The van der Waals surface area contributed by atoms with Gasteiger partial charge in [0.15, 0.2) is 0 Å². The highest BCUT2D eigenvalue weighted by Crippen LogP contribution is 2.32. The van der Waals surface area contributed by atoms with E-state index in [9.17, 15) is 0 Å². The Hall–Kier alpha value is -5.53. The Morgan fingerprint density at radius 1 is 0.511 bits per heavy atom. The van der Waals surface area contributed by atoms with Gasteiger partial charge < -0.3 is 0 Å². The van der Waals surface area contributed by atoms with E-state index in [4.69, 9.17) is 4.99 Å². The summed E-state index contributed by atoms with van der Waals surface area (Å²) in [6, 6.07) is 56.3. The number of rotatable bonds is 7. The molecule has 45 heavy (non-hydrogen) atoms. The molecule has 0 aliphatic carbocycles. The zero-order valence-electron chi connectivity index (χ0n) is 25.5. The number of aliphatic imine (C=N–C) groups is 1. The fourth-order valence-electron chi connectivity index (χ4n) is 6.13. The second-order valence-electron chi connectivity index (χ2n) is 11.6. The summed E-state index contributed by atoms with van der Waals surface area (Å²) in [6.07, 6.45) is 6.21. The van der Waals surface area contributed by atoms with E-state index in [1.165, 1.54) is 50.1 Å². The van der Waals surface area contributed by atoms with Gasteiger partial charge in [0.1, 0.15) is 0 Å². The Balaban J connectivity index is 1.19. The van der Waals surface area contributed by atoms with Crippen molar-refractivity contribution in [3.8, 4) is 22.3 Å². The highest BCUT2D eigenvalue weighted by Gasteiger charge is 2.13. The smallest absolute Gasteiger partial charge is 0.0711 e. The monoisotopic (exact) mass is 577 g/mol. The number of nitrogens with zero attached hydrogens (tertiary/aromatic N) is 1. The first kappa shape index (κ1) is 28.3. The molecule has 0 unspecified atom stereocenters. The fourth-order valence-corrected chi connectivity index (χ4v) is 6.13. The van der Waals surface area contributed by atoms with Gasteiger partial charge in [0.05, 0.1) is 11.4 Å². The van der Waals surface area contributed by atoms with Gasteiger partial charge in [-0.1, -0.05) is 158 Å². The molecule has 1 aliphatic rings. The van der Waals surface area contributed by atoms with Crippen LogP contribution in [-0.4, -0.2) is 5.71 Å². The van der Waals surface area contributed by atoms with Crippen LogP contribution in [0.3, 0.4) is 0 Å². The zero-order valence-corrected chi connectivity index (χ0v) is 25.5. The Bertz CT molecular complexity index is 2030. The molecule has 0 saturated carbocycles. The zero-order chi connectivity index (χ0) is 30.4. The third-order valence-electron chi connectivity index (χ3n) is 8.57. The summed E-state index contributed by atoms with van der Waals surface area (Å²) in [6.45, 7) is 2.19. The minimum atomic E-state index is 0.780. The number of aryl methyl sites for hydroxylation is 1. The highest BCUT2D eigenvalue weighted by atomic mass is 14.8. The maximum Gasteiger partial charge on any atom is 0.0711 e. The molecule has 0 aromatic heterocycles. The molecule has 7 rings (SSSR count). The quantitative estimate of drug-likeness (QED) is 0.179. The van der Waals surface area contributed by atoms with Crippen molar-refractivity contribution in [3.63, 3.8) is 0 Å². The molecule has 0 N–H and O–H groups in total. The van der Waals surface area contributed by atoms with E-state index in [2.05, 4.69) is 177 Å². The van der Waals surface area contributed by atoms with Crippen molar-refractivity contribution >= 4 is 17.0 Å². The van der Waals surface area contributed by atoms with E-state index >= 15 is 0 Å². The van der Waals surface area contributed by atoms with Crippen molar-refractivity contribution in [1.29, 1.82) is 0 Å². The molecule has 1 heterocycles. The summed E-state index contributed by atoms with van der Waals surface area (Å²) in [4.78, 5) is 5.25. The first-order valence-electron chi connectivity index (χ1n) is 15.7. The molecule has 1 aliphatic heterocycles. The maximum atomic E-state index is 5.25. The fraction of sp³-hybridized carbons (Fsp3) is 0.0682. The van der Waals surface area contributed by atoms with E-state index in [0.717, 1.165) is 35.4 Å². The Morgan fingerprint density at radius 3 is 1.89 bits per heavy atom. The van der Waals surface area contributed by atoms with Gasteiger partial charge >= 0.3 is 0 Å². The van der Waals surface area contributed by atoms with Gasteiger partial charge in [-0.25, -0.2) is 0 Å². The van der Waals surface area contributed by atoms with Crippen LogP contribution in [0.1, 0.15) is 39.8 Å². The first-order valence-corrected chi connectivity index (χ1v) is 15.7. The number of hydrogen-bond acceptors (Lipinski definition) is 1. The van der Waals surface area contributed by atoms with E-state index in [1.54, 1.807) is 0 Å². The van der Waals surface area contributed by atoms with Gasteiger partial charge in [-0.15, -0.1) is 0 Å². The Morgan fingerprint density at radius 2 is 1.13 bits per heavy atom. The topological polar surface area (TPSA) is 12.4 Å². The average Bonchev–Trinajstić information content (AvgIpc) is 3.34. The molecular weight excluding hydrogens is 542 g/mol. The molecule has 6 aromatic carbocycles. The normalized spacial score (nSPS) is 13.0. The van der Waals surface area contributed by atoms with Gasteiger partial charge in [0.25, 0.3) is 0 Å². The van der Waals surface area contributed by atoms with Crippen molar-refractivity contribution in [2.75, 3.05) is 0 Å². The molecule has 6 aromatic rings. The number of benzene rings is 6. The number of allylic oxidation sites excluding steroid dienone is 3. The van der Waals surface area contributed by atoms with E-state index in [1.807, 2.05) is 0 Å². The highest BCUT2D eigenvalue weighted by molar-refractivity contribution is 6.07. The van der Waals surface area contributed by atoms with Crippen LogP contribution in [0.15, 0.2) is 175 Å². The van der Waals surface area contributed by atoms with Crippen LogP contribution in [0.4, 0.5) is 0 Å². The van der Waals surface area contributed by atoms with E-state index in [0.29, 0.717) is 0 Å². The molecule has 0 atom stereocenters. The largest absolute Gasteiger partial charge is 0.252 e. The molecule has 0 fully saturated rings. The summed E-state index contributed by atoms with van der Waals surface area (Å²) >= 11 is 0. The Labute approximate surface area is 266 Å². The lowest BCUT2D eigenvalue weighted by Gasteiger charge is -2.13. The third kappa shape index (κ3) is 6.39. The molecule has 1 heteroatoms. The van der Waals surface area contributed by atoms with Crippen LogP contribution < -0.4 is 0 Å². The van der Waals surface area contributed by atoms with Crippen LogP contribution in [0, 0.1) is 6.92 Å². The molecule has 0 radical (unpaired) electrons. The van der Waals surface area contributed by atoms with Gasteiger partial charge in [-0.2, -0.15) is 0 Å². The SMILES string of the molecule is Cc1ccccc1-c1ccccc1Cc1ccc(-c2cccc(C3=CC(c4ccccc4)=CCC(c4ccccc4)=N3)c2)cc1. The molecule has 216 valence electrons. The molecule has 0 bridgehead atoms. The molecule has 0 spiro atoms. The van der Waals surface area contributed by atoms with Crippen LogP contribution in [0.2, 0.25) is 0 Å². The van der Waals surface area contributed by atoms with Crippen LogP contribution >= 0.6 is 0 Å². The lowest BCUT2D eigenvalue weighted by Crippen LogP contribution is -1.99. The van der Waals surface area contributed by atoms with Crippen molar-refractivity contribution in [1.82, 2.24) is 0 Å². The minimum absolute atomic E-state index is 0.780. The van der Waals surface area contributed by atoms with Crippen molar-refractivity contribution < 1.29 is 0 Å². The van der Waals surface area contributed by atoms with E-state index < -0.39 is 0 Å². The summed E-state index contributed by atoms with van der Waals surface area (Å²) in [5, 5.41) is 0. The van der Waals surface area contributed by atoms with Crippen LogP contribution in [-0.2, 0) is 6.42 Å². The minimum Gasteiger partial charge on any atom is -0.252 e. The van der Waals surface area contributed by atoms with E-state index in [-0.39, 0.29) is 0 Å². The standard InChI is InChI=1S/C44H35N/c1-32-13-8-10-21-41(32)42-22-11-9-18-39(42)29-33-23-25-35(26-24-33)37-19-12-20-40(30-37)44-31-38(34-14-4-2-5-15-34)27-28-43(45-44)36-16-6-3-7-17-36/h2-27,30-31H,28-29H2,1H3. The van der Waals surface area contributed by atoms with Crippen LogP contribution in [0.25, 0.3) is 33.5 Å². The third-order valence-corrected chi connectivity index (χ3v) is 8.57. The predicted octanol–water partition coefficient (Wildman–Crippen LogP) is 11.2. The molecule has 0 saturated heterocycles. The molecular formula is C44H35N. The lowest BCUT2D eigenvalue weighted by atomic mass is 9.92. The first-order chi connectivity index (χ1) is 22.2. The summed E-state index contributed by atoms with van der Waals surface area (Å²) in [7, 11) is 0. The maximum absolute atomic E-state index is 5.25. The average molecular weight is 578 g/mol. The molecule has 0 amide bonds. The summed E-state index contributed by atoms with van der Waals surface area (Å²) in [5.41, 5.74) is 15.7. The summed E-state index contributed by atoms with van der Waals surface area (Å²) < 4.78 is 0. The van der Waals surface area contributed by atoms with Crippen molar-refractivity contribution in [2.24, 2.45) is 4.99 Å². The van der Waals surface area contributed by atoms with Crippen molar-refractivity contribution in [2.45, 2.75) is 19.8 Å². The number of hydrogen-bond donors (Lipinski definition) is 0. The van der Waals surface area contributed by atoms with Gasteiger partial charge in [-0.3, -0.25) is 4.99 Å².